The van der Waals surface area contributed by atoms with Crippen LogP contribution in [0.3, 0.4) is 0 Å². The van der Waals surface area contributed by atoms with Crippen molar-refractivity contribution in [2.24, 2.45) is 0 Å². The van der Waals surface area contributed by atoms with Crippen LogP contribution in [-0.2, 0) is 0 Å². The molecule has 1 aromatic carbocycles. The van der Waals surface area contributed by atoms with Gasteiger partial charge < -0.3 is 20.1 Å². The lowest BCUT2D eigenvalue weighted by Gasteiger charge is -2.23. The number of nitrogens with zero attached hydrogens (tertiary/aromatic N) is 1. The molecule has 0 radical (unpaired) electrons. The maximum Gasteiger partial charge on any atom is 0.254 e. The van der Waals surface area contributed by atoms with Crippen molar-refractivity contribution in [3.8, 4) is 11.5 Å². The van der Waals surface area contributed by atoms with Crippen LogP contribution >= 0.6 is 0 Å². The van der Waals surface area contributed by atoms with Crippen LogP contribution in [0.2, 0.25) is 0 Å². The van der Waals surface area contributed by atoms with Crippen LogP contribution in [0.25, 0.3) is 0 Å². The Hall–Kier alpha value is -1.91. The third-order valence-electron chi connectivity index (χ3n) is 3.85. The Morgan fingerprint density at radius 2 is 1.70 bits per heavy atom. The van der Waals surface area contributed by atoms with Gasteiger partial charge in [0.05, 0.1) is 19.9 Å². The molecule has 0 unspecified atom stereocenters. The highest BCUT2D eigenvalue weighted by molar-refractivity contribution is 5.96. The largest absolute Gasteiger partial charge is 0.493 e. The number of ether oxygens (including phenoxy) is 2. The summed E-state index contributed by atoms with van der Waals surface area (Å²) in [4.78, 5) is 14.8. The number of rotatable bonds is 10. The zero-order chi connectivity index (χ0) is 17.2. The van der Waals surface area contributed by atoms with E-state index in [0.717, 1.165) is 45.2 Å². The fourth-order valence-corrected chi connectivity index (χ4v) is 2.52. The first-order valence-electron chi connectivity index (χ1n) is 8.39. The van der Waals surface area contributed by atoms with Crippen molar-refractivity contribution in [3.05, 3.63) is 17.7 Å². The number of methoxy groups -OCH3 is 2. The summed E-state index contributed by atoms with van der Waals surface area (Å²) >= 11 is 0. The van der Waals surface area contributed by atoms with E-state index in [0.29, 0.717) is 22.7 Å². The van der Waals surface area contributed by atoms with E-state index in [1.54, 1.807) is 19.2 Å². The standard InChI is InChI=1S/C18H30N2O3/c1-5-7-9-11-20(10-8-6-2)18(21)14-12-15(19)17(23-4)16(13-14)22-3/h12-13H,5-11,19H2,1-4H3. The summed E-state index contributed by atoms with van der Waals surface area (Å²) in [6, 6.07) is 3.37. The molecule has 0 saturated heterocycles. The van der Waals surface area contributed by atoms with Crippen molar-refractivity contribution >= 4 is 11.6 Å². The van der Waals surface area contributed by atoms with E-state index in [9.17, 15) is 4.79 Å². The fraction of sp³-hybridized carbons (Fsp3) is 0.611. The molecule has 5 heteroatoms. The molecule has 1 rings (SSSR count). The van der Waals surface area contributed by atoms with Crippen molar-refractivity contribution in [2.75, 3.05) is 33.0 Å². The summed E-state index contributed by atoms with van der Waals surface area (Å²) in [7, 11) is 3.08. The fourth-order valence-electron chi connectivity index (χ4n) is 2.52. The Kier molecular flexibility index (Phi) is 8.30. The molecule has 0 aliphatic carbocycles. The lowest BCUT2D eigenvalue weighted by Crippen LogP contribution is -2.33. The van der Waals surface area contributed by atoms with Crippen molar-refractivity contribution in [2.45, 2.75) is 46.0 Å². The van der Waals surface area contributed by atoms with Gasteiger partial charge in [0, 0.05) is 18.7 Å². The first-order valence-corrected chi connectivity index (χ1v) is 8.39. The molecule has 2 N–H and O–H groups in total. The van der Waals surface area contributed by atoms with Crippen molar-refractivity contribution in [1.29, 1.82) is 0 Å². The summed E-state index contributed by atoms with van der Waals surface area (Å²) in [5.41, 5.74) is 6.96. The maximum absolute atomic E-state index is 12.8. The molecular weight excluding hydrogens is 292 g/mol. The van der Waals surface area contributed by atoms with Crippen LogP contribution in [0.1, 0.15) is 56.3 Å². The number of unbranched alkanes of at least 4 members (excludes halogenated alkanes) is 3. The Labute approximate surface area is 139 Å². The van der Waals surface area contributed by atoms with E-state index >= 15 is 0 Å². The van der Waals surface area contributed by atoms with Crippen molar-refractivity contribution in [1.82, 2.24) is 4.90 Å². The molecule has 1 amide bonds. The van der Waals surface area contributed by atoms with Crippen LogP contribution in [0, 0.1) is 0 Å². The molecule has 23 heavy (non-hydrogen) atoms. The molecule has 0 bridgehead atoms. The number of hydrogen-bond acceptors (Lipinski definition) is 4. The van der Waals surface area contributed by atoms with Gasteiger partial charge in [-0.2, -0.15) is 0 Å². The van der Waals surface area contributed by atoms with E-state index in [2.05, 4.69) is 13.8 Å². The molecule has 0 aliphatic heterocycles. The second-order valence-electron chi connectivity index (χ2n) is 5.65. The number of nitrogens with two attached hydrogens (primary N) is 1. The molecule has 1 aromatic rings. The zero-order valence-electron chi connectivity index (χ0n) is 14.9. The van der Waals surface area contributed by atoms with Gasteiger partial charge in [-0.25, -0.2) is 0 Å². The Morgan fingerprint density at radius 3 is 2.26 bits per heavy atom. The molecule has 0 aromatic heterocycles. The lowest BCUT2D eigenvalue weighted by molar-refractivity contribution is 0.0750. The van der Waals surface area contributed by atoms with E-state index in [1.807, 2.05) is 4.90 Å². The van der Waals surface area contributed by atoms with Gasteiger partial charge in [0.15, 0.2) is 11.5 Å². The van der Waals surface area contributed by atoms with Crippen LogP contribution in [0.15, 0.2) is 12.1 Å². The SMILES string of the molecule is CCCCCN(CCCC)C(=O)c1cc(N)c(OC)c(OC)c1. The third-order valence-corrected chi connectivity index (χ3v) is 3.85. The van der Waals surface area contributed by atoms with Gasteiger partial charge in [0.25, 0.3) is 5.91 Å². The van der Waals surface area contributed by atoms with Gasteiger partial charge in [0.1, 0.15) is 0 Å². The molecule has 0 atom stereocenters. The topological polar surface area (TPSA) is 64.8 Å². The minimum absolute atomic E-state index is 0.00204. The highest BCUT2D eigenvalue weighted by atomic mass is 16.5. The van der Waals surface area contributed by atoms with Gasteiger partial charge in [-0.15, -0.1) is 0 Å². The predicted molar refractivity (Wildman–Crippen MR) is 94.3 cm³/mol. The minimum atomic E-state index is 0.00204. The number of hydrogen-bond donors (Lipinski definition) is 1. The maximum atomic E-state index is 12.8. The van der Waals surface area contributed by atoms with E-state index in [1.165, 1.54) is 7.11 Å². The molecule has 0 spiro atoms. The number of carbonyl (C=O) groups excluding carboxylic acids is 1. The summed E-state index contributed by atoms with van der Waals surface area (Å²) in [6.07, 6.45) is 5.35. The van der Waals surface area contributed by atoms with E-state index < -0.39 is 0 Å². The Morgan fingerprint density at radius 1 is 1.04 bits per heavy atom. The number of amides is 1. The second kappa shape index (κ2) is 9.98. The van der Waals surface area contributed by atoms with Gasteiger partial charge in [-0.05, 0) is 25.0 Å². The molecule has 0 heterocycles. The minimum Gasteiger partial charge on any atom is -0.493 e. The number of anilines is 1. The van der Waals surface area contributed by atoms with E-state index in [4.69, 9.17) is 15.2 Å². The molecular formula is C18H30N2O3. The van der Waals surface area contributed by atoms with E-state index in [-0.39, 0.29) is 5.91 Å². The van der Waals surface area contributed by atoms with Crippen molar-refractivity contribution < 1.29 is 14.3 Å². The zero-order valence-corrected chi connectivity index (χ0v) is 14.9. The third kappa shape index (κ3) is 5.34. The second-order valence-corrected chi connectivity index (χ2v) is 5.65. The summed E-state index contributed by atoms with van der Waals surface area (Å²) in [5.74, 6) is 0.956. The predicted octanol–water partition coefficient (Wildman–Crippen LogP) is 3.72. The summed E-state index contributed by atoms with van der Waals surface area (Å²) in [5, 5.41) is 0. The van der Waals surface area contributed by atoms with Crippen LogP contribution in [0.4, 0.5) is 5.69 Å². The molecule has 0 saturated carbocycles. The first-order chi connectivity index (χ1) is 11.1. The first kappa shape index (κ1) is 19.1. The Balaban J connectivity index is 2.99. The molecule has 0 aliphatic rings. The average molecular weight is 322 g/mol. The quantitative estimate of drug-likeness (QED) is 0.527. The lowest BCUT2D eigenvalue weighted by atomic mass is 10.1. The van der Waals surface area contributed by atoms with Crippen LogP contribution in [0.5, 0.6) is 11.5 Å². The number of carbonyl (C=O) groups is 1. The summed E-state index contributed by atoms with van der Waals surface area (Å²) < 4.78 is 10.5. The summed E-state index contributed by atoms with van der Waals surface area (Å²) in [6.45, 7) is 5.84. The molecule has 130 valence electrons. The van der Waals surface area contributed by atoms with Gasteiger partial charge >= 0.3 is 0 Å². The van der Waals surface area contributed by atoms with Crippen LogP contribution in [-0.4, -0.2) is 38.1 Å². The smallest absolute Gasteiger partial charge is 0.254 e. The molecule has 5 nitrogen and oxygen atoms in total. The van der Waals surface area contributed by atoms with Crippen molar-refractivity contribution in [3.63, 3.8) is 0 Å². The normalized spacial score (nSPS) is 10.4. The number of benzene rings is 1. The Bertz CT molecular complexity index is 503. The van der Waals surface area contributed by atoms with Gasteiger partial charge in [-0.1, -0.05) is 33.1 Å². The van der Waals surface area contributed by atoms with Gasteiger partial charge in [0.2, 0.25) is 0 Å². The van der Waals surface area contributed by atoms with Crippen LogP contribution < -0.4 is 15.2 Å². The number of nitrogen functional groups attached to an aromatic ring is 1. The molecule has 0 fully saturated rings. The average Bonchev–Trinajstić information content (AvgIpc) is 2.56. The highest BCUT2D eigenvalue weighted by Crippen LogP contribution is 2.34. The monoisotopic (exact) mass is 322 g/mol. The van der Waals surface area contributed by atoms with Gasteiger partial charge in [-0.3, -0.25) is 4.79 Å². The highest BCUT2D eigenvalue weighted by Gasteiger charge is 2.19.